The molecular formula is C25H25N5O4. The smallest absolute Gasteiger partial charge is 0.411 e. The van der Waals surface area contributed by atoms with Gasteiger partial charge in [0.05, 0.1) is 28.9 Å². The van der Waals surface area contributed by atoms with Crippen molar-refractivity contribution in [1.82, 2.24) is 10.3 Å². The number of amides is 2. The van der Waals surface area contributed by atoms with Crippen LogP contribution in [0, 0.1) is 0 Å². The predicted octanol–water partition coefficient (Wildman–Crippen LogP) is 4.00. The summed E-state index contributed by atoms with van der Waals surface area (Å²) in [5, 5.41) is 20.8. The highest BCUT2D eigenvalue weighted by molar-refractivity contribution is 6.14. The van der Waals surface area contributed by atoms with E-state index in [1.807, 2.05) is 6.07 Å². The molecule has 3 aromatic carbocycles. The summed E-state index contributed by atoms with van der Waals surface area (Å²) >= 11 is 0. The number of pyridine rings is 1. The van der Waals surface area contributed by atoms with Gasteiger partial charge in [0.2, 0.25) is 0 Å². The van der Waals surface area contributed by atoms with Gasteiger partial charge in [0.15, 0.2) is 6.23 Å². The number of para-hydroxylation sites is 1. The highest BCUT2D eigenvalue weighted by atomic mass is 16.5. The fourth-order valence-electron chi connectivity index (χ4n) is 3.75. The van der Waals surface area contributed by atoms with Crippen LogP contribution in [0.15, 0.2) is 60.7 Å². The second kappa shape index (κ2) is 9.63. The van der Waals surface area contributed by atoms with Gasteiger partial charge in [-0.25, -0.2) is 9.78 Å². The van der Waals surface area contributed by atoms with Crippen molar-refractivity contribution in [3.8, 4) is 0 Å². The van der Waals surface area contributed by atoms with Crippen LogP contribution in [0.4, 0.5) is 21.9 Å². The number of nitrogens with two attached hydrogens (primary N) is 1. The number of nitrogens with zero attached hydrogens (tertiary/aromatic N) is 1. The van der Waals surface area contributed by atoms with Crippen LogP contribution in [0.1, 0.15) is 29.1 Å². The lowest BCUT2D eigenvalue weighted by Crippen LogP contribution is -2.18. The first-order valence-corrected chi connectivity index (χ1v) is 10.7. The van der Waals surface area contributed by atoms with Crippen molar-refractivity contribution in [3.63, 3.8) is 0 Å². The maximum Gasteiger partial charge on any atom is 0.411 e. The summed E-state index contributed by atoms with van der Waals surface area (Å²) in [6, 6.07) is 17.3. The summed E-state index contributed by atoms with van der Waals surface area (Å²) in [6.07, 6.45) is -1.71. The van der Waals surface area contributed by atoms with Gasteiger partial charge >= 0.3 is 6.09 Å². The summed E-state index contributed by atoms with van der Waals surface area (Å²) in [5.41, 5.74) is 9.66. The van der Waals surface area contributed by atoms with Crippen LogP contribution in [0.25, 0.3) is 21.8 Å². The average Bonchev–Trinajstić information content (AvgIpc) is 2.83. The molecule has 9 heteroatoms. The van der Waals surface area contributed by atoms with Crippen molar-refractivity contribution in [2.24, 2.45) is 0 Å². The van der Waals surface area contributed by atoms with Crippen molar-refractivity contribution in [2.45, 2.75) is 13.2 Å². The molecule has 2 amide bonds. The van der Waals surface area contributed by atoms with Gasteiger partial charge in [-0.1, -0.05) is 24.3 Å². The second-order valence-corrected chi connectivity index (χ2v) is 7.56. The first kappa shape index (κ1) is 22.8. The van der Waals surface area contributed by atoms with Crippen molar-refractivity contribution >= 4 is 50.9 Å². The molecule has 0 aliphatic heterocycles. The third-order valence-electron chi connectivity index (χ3n) is 5.30. The Morgan fingerprint density at radius 3 is 2.65 bits per heavy atom. The maximum atomic E-state index is 12.5. The zero-order chi connectivity index (χ0) is 24.2. The van der Waals surface area contributed by atoms with E-state index in [9.17, 15) is 14.7 Å². The largest absolute Gasteiger partial charge is 0.450 e. The van der Waals surface area contributed by atoms with Gasteiger partial charge < -0.3 is 26.2 Å². The lowest BCUT2D eigenvalue weighted by Gasteiger charge is -2.20. The number of rotatable bonds is 6. The minimum absolute atomic E-state index is 0.249. The van der Waals surface area contributed by atoms with Gasteiger partial charge in [0.25, 0.3) is 5.91 Å². The number of aromatic nitrogens is 1. The highest BCUT2D eigenvalue weighted by Crippen LogP contribution is 2.35. The number of nitrogen functional groups attached to an aromatic ring is 1. The van der Waals surface area contributed by atoms with E-state index < -0.39 is 12.3 Å². The van der Waals surface area contributed by atoms with Crippen molar-refractivity contribution in [2.75, 3.05) is 30.0 Å². The van der Waals surface area contributed by atoms with E-state index in [-0.39, 0.29) is 12.5 Å². The molecule has 0 saturated carbocycles. The number of aliphatic hydroxyl groups is 1. The Kier molecular flexibility index (Phi) is 6.46. The minimum atomic E-state index is -1.14. The second-order valence-electron chi connectivity index (χ2n) is 7.56. The van der Waals surface area contributed by atoms with E-state index in [0.717, 1.165) is 0 Å². The standard InChI is InChI=1S/C25H25N5O4/c1-3-34-25(33)28-16-7-4-6-14(12-16)23(31)30-22-17-8-5-9-18(24(32)27-2)21(17)29-20-11-10-15(26)13-19(20)22/h4-13,23,31H,3,26H2,1-2H3,(H,27,32)(H,28,33)(H,29,30). The number of anilines is 3. The number of aliphatic hydroxyl groups excluding tert-OH is 1. The van der Waals surface area contributed by atoms with E-state index in [1.54, 1.807) is 68.6 Å². The number of carbonyl (C=O) groups excluding carboxylic acids is 2. The van der Waals surface area contributed by atoms with Crippen molar-refractivity contribution in [3.05, 3.63) is 71.8 Å². The van der Waals surface area contributed by atoms with Gasteiger partial charge in [-0.15, -0.1) is 0 Å². The molecule has 0 radical (unpaired) electrons. The number of carbonyl (C=O) groups is 2. The number of nitrogens with one attached hydrogen (secondary N) is 3. The van der Waals surface area contributed by atoms with Gasteiger partial charge in [-0.3, -0.25) is 10.1 Å². The Bertz CT molecular complexity index is 1390. The molecule has 4 rings (SSSR count). The third-order valence-corrected chi connectivity index (χ3v) is 5.30. The SMILES string of the molecule is CCOC(=O)Nc1cccc(C(O)Nc2c3cc(N)ccc3nc3c(C(=O)NC)cccc23)c1. The summed E-state index contributed by atoms with van der Waals surface area (Å²) in [6.45, 7) is 1.97. The number of fused-ring (bicyclic) bond motifs is 2. The van der Waals surface area contributed by atoms with E-state index in [1.165, 1.54) is 0 Å². The number of hydrogen-bond acceptors (Lipinski definition) is 7. The molecule has 34 heavy (non-hydrogen) atoms. The molecular weight excluding hydrogens is 434 g/mol. The molecule has 1 aromatic heterocycles. The van der Waals surface area contributed by atoms with Gasteiger partial charge in [0.1, 0.15) is 0 Å². The summed E-state index contributed by atoms with van der Waals surface area (Å²) < 4.78 is 4.91. The van der Waals surface area contributed by atoms with E-state index >= 15 is 0 Å². The zero-order valence-electron chi connectivity index (χ0n) is 18.8. The van der Waals surface area contributed by atoms with Crippen LogP contribution in [0.2, 0.25) is 0 Å². The zero-order valence-corrected chi connectivity index (χ0v) is 18.8. The minimum Gasteiger partial charge on any atom is -0.450 e. The summed E-state index contributed by atoms with van der Waals surface area (Å²) in [4.78, 5) is 28.9. The molecule has 0 aliphatic carbocycles. The molecule has 0 fully saturated rings. The first-order valence-electron chi connectivity index (χ1n) is 10.7. The van der Waals surface area contributed by atoms with Crippen molar-refractivity contribution < 1.29 is 19.4 Å². The van der Waals surface area contributed by atoms with E-state index in [2.05, 4.69) is 16.0 Å². The Labute approximate surface area is 195 Å². The Balaban J connectivity index is 1.79. The molecule has 0 spiro atoms. The first-order chi connectivity index (χ1) is 16.4. The number of benzene rings is 3. The van der Waals surface area contributed by atoms with Gasteiger partial charge in [-0.2, -0.15) is 0 Å². The molecule has 6 N–H and O–H groups in total. The maximum absolute atomic E-state index is 12.5. The molecule has 0 bridgehead atoms. The highest BCUT2D eigenvalue weighted by Gasteiger charge is 2.18. The van der Waals surface area contributed by atoms with Crippen LogP contribution < -0.4 is 21.7 Å². The molecule has 174 valence electrons. The fourth-order valence-corrected chi connectivity index (χ4v) is 3.75. The summed E-state index contributed by atoms with van der Waals surface area (Å²) in [5.74, 6) is -0.267. The lowest BCUT2D eigenvalue weighted by molar-refractivity contribution is 0.0964. The van der Waals surface area contributed by atoms with Gasteiger partial charge in [-0.05, 0) is 43.3 Å². The molecule has 0 aliphatic rings. The Hall–Kier alpha value is -4.37. The topological polar surface area (TPSA) is 139 Å². The van der Waals surface area contributed by atoms with Gasteiger partial charge in [0, 0.05) is 34.8 Å². The van der Waals surface area contributed by atoms with Crippen LogP contribution in [-0.4, -0.2) is 35.7 Å². The van der Waals surface area contributed by atoms with Crippen LogP contribution in [0.3, 0.4) is 0 Å². The predicted molar refractivity (Wildman–Crippen MR) is 133 cm³/mol. The van der Waals surface area contributed by atoms with Crippen LogP contribution in [-0.2, 0) is 4.74 Å². The Morgan fingerprint density at radius 2 is 1.88 bits per heavy atom. The molecule has 1 heterocycles. The molecule has 4 aromatic rings. The number of hydrogen-bond donors (Lipinski definition) is 5. The molecule has 1 unspecified atom stereocenters. The molecule has 1 atom stereocenters. The quantitative estimate of drug-likeness (QED) is 0.167. The van der Waals surface area contributed by atoms with Crippen molar-refractivity contribution in [1.29, 1.82) is 0 Å². The normalized spacial score (nSPS) is 11.7. The van der Waals surface area contributed by atoms with E-state index in [4.69, 9.17) is 15.5 Å². The molecule has 9 nitrogen and oxygen atoms in total. The number of ether oxygens (including phenoxy) is 1. The Morgan fingerprint density at radius 1 is 1.09 bits per heavy atom. The van der Waals surface area contributed by atoms with E-state index in [0.29, 0.717) is 50.0 Å². The third kappa shape index (κ3) is 4.55. The summed E-state index contributed by atoms with van der Waals surface area (Å²) in [7, 11) is 1.56. The lowest BCUT2D eigenvalue weighted by atomic mass is 10.0. The monoisotopic (exact) mass is 459 g/mol. The van der Waals surface area contributed by atoms with Crippen LogP contribution in [0.5, 0.6) is 0 Å². The average molecular weight is 460 g/mol. The van der Waals surface area contributed by atoms with Crippen LogP contribution >= 0.6 is 0 Å². The fraction of sp³-hybridized carbons (Fsp3) is 0.160. The molecule has 0 saturated heterocycles.